The van der Waals surface area contributed by atoms with Gasteiger partial charge in [0.1, 0.15) is 30.4 Å². The molecule has 0 radical (unpaired) electrons. The summed E-state index contributed by atoms with van der Waals surface area (Å²) in [4.78, 5) is 91.0. The molecule has 4 saturated carbocycles. The van der Waals surface area contributed by atoms with Crippen molar-refractivity contribution in [1.29, 1.82) is 0 Å². The van der Waals surface area contributed by atoms with Crippen LogP contribution < -0.4 is 10.6 Å². The van der Waals surface area contributed by atoms with Crippen LogP contribution in [0.25, 0.3) is 0 Å². The van der Waals surface area contributed by atoms with Crippen molar-refractivity contribution in [2.45, 2.75) is 145 Å². The fourth-order valence-corrected chi connectivity index (χ4v) is 12.1. The van der Waals surface area contributed by atoms with Crippen LogP contribution in [-0.2, 0) is 47.7 Å². The maximum absolute atomic E-state index is 14.7. The number of allylic oxidation sites excluding steroid dienone is 2. The second-order valence-electron chi connectivity index (χ2n) is 20.8. The largest absolute Gasteiger partial charge is 0.464 e. The zero-order valence-electron chi connectivity index (χ0n) is 37.7. The minimum atomic E-state index is -1.41. The molecule has 14 heteroatoms. The lowest BCUT2D eigenvalue weighted by Gasteiger charge is -2.61. The molecule has 2 N–H and O–H groups in total. The van der Waals surface area contributed by atoms with E-state index in [4.69, 9.17) is 23.7 Å². The van der Waals surface area contributed by atoms with E-state index in [1.807, 2.05) is 6.92 Å². The molecule has 334 valence electrons. The highest BCUT2D eigenvalue weighted by atomic mass is 16.6. The molecule has 0 bridgehead atoms. The molecular weight excluding hydrogens is 773 g/mol. The predicted octanol–water partition coefficient (Wildman–Crippen LogP) is 6.82. The molecule has 14 nitrogen and oxygen atoms in total. The summed E-state index contributed by atoms with van der Waals surface area (Å²) in [6.45, 7) is 24.4. The number of amides is 2. The minimum Gasteiger partial charge on any atom is -0.464 e. The Bertz CT molecular complexity index is 1810. The molecule has 2 amide bonds. The molecule has 0 aliphatic heterocycles. The van der Waals surface area contributed by atoms with E-state index in [-0.39, 0.29) is 46.0 Å². The lowest BCUT2D eigenvalue weighted by Crippen LogP contribution is -2.56. The van der Waals surface area contributed by atoms with Crippen molar-refractivity contribution >= 4 is 41.7 Å². The second kappa shape index (κ2) is 16.6. The molecule has 0 heterocycles. The first-order chi connectivity index (χ1) is 27.6. The molecule has 0 aromatic carbocycles. The molecule has 5 aliphatic rings. The van der Waals surface area contributed by atoms with E-state index >= 15 is 0 Å². The summed E-state index contributed by atoms with van der Waals surface area (Å²) in [5, 5.41) is 4.75. The highest BCUT2D eigenvalue weighted by Crippen LogP contribution is 2.87. The van der Waals surface area contributed by atoms with Crippen molar-refractivity contribution in [3.63, 3.8) is 0 Å². The first-order valence-electron chi connectivity index (χ1n) is 21.5. The summed E-state index contributed by atoms with van der Waals surface area (Å²) >= 11 is 0. The molecule has 0 aromatic heterocycles. The van der Waals surface area contributed by atoms with E-state index in [0.717, 1.165) is 32.1 Å². The molecular formula is C46H68N2O12. The van der Waals surface area contributed by atoms with Crippen LogP contribution in [0.2, 0.25) is 0 Å². The number of carbonyl (C=O) groups is 7. The summed E-state index contributed by atoms with van der Waals surface area (Å²) < 4.78 is 28.1. The van der Waals surface area contributed by atoms with Gasteiger partial charge in [-0.3, -0.25) is 24.0 Å². The Labute approximate surface area is 355 Å². The van der Waals surface area contributed by atoms with Gasteiger partial charge in [0.15, 0.2) is 17.7 Å². The summed E-state index contributed by atoms with van der Waals surface area (Å²) in [5.41, 5.74) is -2.36. The molecule has 0 unspecified atom stereocenters. The summed E-state index contributed by atoms with van der Waals surface area (Å²) in [7, 11) is 0. The van der Waals surface area contributed by atoms with Crippen LogP contribution in [-0.4, -0.2) is 84.8 Å². The number of hydrogen-bond donors (Lipinski definition) is 2. The average Bonchev–Trinajstić information content (AvgIpc) is 3.74. The Balaban J connectivity index is 1.41. The van der Waals surface area contributed by atoms with Crippen molar-refractivity contribution in [3.8, 4) is 0 Å². The van der Waals surface area contributed by atoms with Crippen molar-refractivity contribution in [2.24, 2.45) is 57.2 Å². The van der Waals surface area contributed by atoms with E-state index < -0.39 is 95.5 Å². The fourth-order valence-electron chi connectivity index (χ4n) is 12.1. The summed E-state index contributed by atoms with van der Waals surface area (Å²) in [6, 6.07) is 0. The van der Waals surface area contributed by atoms with Gasteiger partial charge in [-0.25, -0.2) is 9.59 Å². The normalized spacial score (nSPS) is 34.1. The molecule has 5 aliphatic carbocycles. The third-order valence-electron chi connectivity index (χ3n) is 14.9. The Kier molecular flexibility index (Phi) is 12.9. The Morgan fingerprint density at radius 2 is 1.47 bits per heavy atom. The highest BCUT2D eigenvalue weighted by Gasteiger charge is 2.82. The number of carbonyl (C=O) groups excluding carboxylic acids is 7. The van der Waals surface area contributed by atoms with Gasteiger partial charge in [0.25, 0.3) is 0 Å². The number of fused-ring (bicyclic) bond motifs is 2. The van der Waals surface area contributed by atoms with E-state index in [9.17, 15) is 33.6 Å². The number of nitrogens with one attached hydrogen (secondary N) is 2. The molecule has 5 rings (SSSR count). The average molecular weight is 841 g/mol. The molecule has 0 saturated heterocycles. The van der Waals surface area contributed by atoms with Gasteiger partial charge in [0.05, 0.1) is 6.61 Å². The Morgan fingerprint density at radius 3 is 2.03 bits per heavy atom. The van der Waals surface area contributed by atoms with E-state index in [0.29, 0.717) is 12.3 Å². The molecule has 60 heavy (non-hydrogen) atoms. The van der Waals surface area contributed by atoms with E-state index in [1.54, 1.807) is 54.5 Å². The Morgan fingerprint density at radius 1 is 0.883 bits per heavy atom. The number of Topliss-reactive ketones (excluding diaryl/α,β-unsaturated/α-hetero) is 1. The minimum absolute atomic E-state index is 0.0210. The van der Waals surface area contributed by atoms with Gasteiger partial charge >= 0.3 is 30.1 Å². The number of rotatable bonds is 13. The first kappa shape index (κ1) is 46.8. The van der Waals surface area contributed by atoms with Gasteiger partial charge in [-0.15, -0.1) is 0 Å². The maximum Gasteiger partial charge on any atom is 0.408 e. The zero-order chi connectivity index (χ0) is 45.0. The van der Waals surface area contributed by atoms with Crippen LogP contribution in [0.3, 0.4) is 0 Å². The summed E-state index contributed by atoms with van der Waals surface area (Å²) in [5.74, 6) is -3.81. The van der Waals surface area contributed by atoms with E-state index in [2.05, 4.69) is 44.1 Å². The number of alkyl carbamates (subject to hydrolysis) is 2. The molecule has 12 atom stereocenters. The van der Waals surface area contributed by atoms with Gasteiger partial charge < -0.3 is 34.3 Å². The van der Waals surface area contributed by atoms with Gasteiger partial charge in [-0.1, -0.05) is 47.3 Å². The predicted molar refractivity (Wildman–Crippen MR) is 220 cm³/mol. The first-order valence-corrected chi connectivity index (χ1v) is 21.5. The number of ether oxygens (including phenoxy) is 5. The SMILES string of the molecule is C=C(C(=O)[C@H](OC(=O)CNC(=O)OC(C)(C)C)[C@@H](C)[C@H]1[C@@H](OC(C)=O)C[C@@]2(C)[C@@H]3CC[C@H]4[C@H](C)C(=O)C=C[C@@]45C[C@@]35CC[C@]12C)[C@@H](C)COC(=O)CNC(=O)OC(C)(C)C. The van der Waals surface area contributed by atoms with Crippen LogP contribution in [0.1, 0.15) is 122 Å². The van der Waals surface area contributed by atoms with Crippen LogP contribution in [0.5, 0.6) is 0 Å². The number of esters is 3. The van der Waals surface area contributed by atoms with E-state index in [1.165, 1.54) is 6.92 Å². The lowest BCUT2D eigenvalue weighted by molar-refractivity contribution is -0.167. The number of hydrogen-bond acceptors (Lipinski definition) is 12. The van der Waals surface area contributed by atoms with Crippen LogP contribution >= 0.6 is 0 Å². The lowest BCUT2D eigenvalue weighted by atomic mass is 9.43. The van der Waals surface area contributed by atoms with Crippen LogP contribution in [0.15, 0.2) is 24.3 Å². The van der Waals surface area contributed by atoms with Crippen molar-refractivity contribution in [2.75, 3.05) is 19.7 Å². The third-order valence-corrected chi connectivity index (χ3v) is 14.9. The van der Waals surface area contributed by atoms with Gasteiger partial charge in [-0.05, 0) is 125 Å². The van der Waals surface area contributed by atoms with Crippen molar-refractivity contribution < 1.29 is 57.2 Å². The van der Waals surface area contributed by atoms with Crippen molar-refractivity contribution in [1.82, 2.24) is 10.6 Å². The smallest absolute Gasteiger partial charge is 0.408 e. The van der Waals surface area contributed by atoms with Crippen LogP contribution in [0, 0.1) is 57.2 Å². The molecule has 2 spiro atoms. The second-order valence-corrected chi connectivity index (χ2v) is 20.8. The molecule has 4 fully saturated rings. The quantitative estimate of drug-likeness (QED) is 0.112. The Hall–Kier alpha value is -4.23. The highest BCUT2D eigenvalue weighted by molar-refractivity contribution is 6.00. The van der Waals surface area contributed by atoms with Crippen molar-refractivity contribution in [3.05, 3.63) is 24.3 Å². The zero-order valence-corrected chi connectivity index (χ0v) is 37.7. The van der Waals surface area contributed by atoms with Gasteiger partial charge in [0, 0.05) is 30.6 Å². The third kappa shape index (κ3) is 8.89. The van der Waals surface area contributed by atoms with Crippen LogP contribution in [0.4, 0.5) is 9.59 Å². The van der Waals surface area contributed by atoms with Gasteiger partial charge in [0.2, 0.25) is 0 Å². The standard InChI is InChI=1S/C46H68N2O12/c1-25(23-56-34(51)21-47-39(54)59-41(6,7)8)26(2)37(53)38(58-35(52)22-48-40(55)60-42(9,10)11)28(4)36-32(57-29(5)49)20-44(13)33-15-14-30-27(3)31(50)16-17-45(30)24-46(33,45)19-18-43(36,44)12/h16-17,25,27-28,30,32-33,36,38H,2,14-15,18-24H2,1,3-13H3,(H,47,54)(H,48,55)/t25-,27-,28-,30-,32-,33-,36-,38+,43+,44-,45+,46-/m0/s1. The molecule has 0 aromatic rings. The maximum atomic E-state index is 14.7. The summed E-state index contributed by atoms with van der Waals surface area (Å²) in [6.07, 6.45) is 5.51. The topological polar surface area (TPSA) is 190 Å². The monoisotopic (exact) mass is 840 g/mol. The van der Waals surface area contributed by atoms with Gasteiger partial charge in [-0.2, -0.15) is 0 Å². The number of ketones is 2. The fraction of sp³-hybridized carbons (Fsp3) is 0.761.